The molecule has 0 saturated heterocycles. The lowest BCUT2D eigenvalue weighted by molar-refractivity contribution is 1.19. The van der Waals surface area contributed by atoms with E-state index in [0.717, 1.165) is 22.7 Å². The average Bonchev–Trinajstić information content (AvgIpc) is 3.72. The summed E-state index contributed by atoms with van der Waals surface area (Å²) >= 11 is 1.86. The van der Waals surface area contributed by atoms with E-state index in [9.17, 15) is 0 Å². The molecule has 2 heterocycles. The largest absolute Gasteiger partial charge is 0.310 e. The molecule has 0 amide bonds. The zero-order valence-corrected chi connectivity index (χ0v) is 27.4. The van der Waals surface area contributed by atoms with E-state index in [0.29, 0.717) is 0 Å². The van der Waals surface area contributed by atoms with Gasteiger partial charge in [0.1, 0.15) is 0 Å². The monoisotopic (exact) mass is 642 g/mol. The van der Waals surface area contributed by atoms with Crippen LogP contribution < -0.4 is 4.90 Å². The van der Waals surface area contributed by atoms with E-state index < -0.39 is 0 Å². The van der Waals surface area contributed by atoms with Gasteiger partial charge in [-0.2, -0.15) is 0 Å². The van der Waals surface area contributed by atoms with Gasteiger partial charge in [0.25, 0.3) is 0 Å². The topological polar surface area (TPSA) is 8.17 Å². The molecule has 2 aromatic heterocycles. The Morgan fingerprint density at radius 3 is 1.92 bits per heavy atom. The van der Waals surface area contributed by atoms with E-state index in [1.807, 2.05) is 11.3 Å². The highest BCUT2D eigenvalue weighted by atomic mass is 32.1. The Morgan fingerprint density at radius 2 is 1.10 bits per heavy atom. The lowest BCUT2D eigenvalue weighted by atomic mass is 9.99. The van der Waals surface area contributed by atoms with Crippen LogP contribution in [0.5, 0.6) is 0 Å². The molecule has 0 aliphatic carbocycles. The molecule has 0 unspecified atom stereocenters. The Kier molecular flexibility index (Phi) is 6.39. The Hall–Kier alpha value is -6.16. The summed E-state index contributed by atoms with van der Waals surface area (Å²) in [4.78, 5) is 2.46. The molecule has 0 N–H and O–H groups in total. The molecule has 0 radical (unpaired) electrons. The predicted molar refractivity (Wildman–Crippen MR) is 211 cm³/mol. The molecule has 0 aliphatic heterocycles. The van der Waals surface area contributed by atoms with Gasteiger partial charge in [0.15, 0.2) is 0 Å². The minimum atomic E-state index is 1.12. The summed E-state index contributed by atoms with van der Waals surface area (Å²) in [6.45, 7) is 0. The SMILES string of the molecule is c1ccc(-c2ccc3c(c2)c2c(N(c4ccccc4)c4ccc5sc6ccccc6c5c4)cc4ccccc4c2n3-c2ccccc2)cc1. The van der Waals surface area contributed by atoms with Crippen molar-refractivity contribution in [1.82, 2.24) is 4.57 Å². The zero-order valence-electron chi connectivity index (χ0n) is 26.6. The molecule has 0 spiro atoms. The number of thiophene rings is 1. The fraction of sp³-hybridized carbons (Fsp3) is 0. The number of fused-ring (bicyclic) bond motifs is 8. The number of aromatic nitrogens is 1. The van der Waals surface area contributed by atoms with Crippen molar-refractivity contribution in [3.63, 3.8) is 0 Å². The molecule has 8 aromatic carbocycles. The van der Waals surface area contributed by atoms with Gasteiger partial charge in [0.2, 0.25) is 0 Å². The van der Waals surface area contributed by atoms with E-state index in [2.05, 4.69) is 191 Å². The van der Waals surface area contributed by atoms with Gasteiger partial charge in [0, 0.05) is 53.4 Å². The lowest BCUT2D eigenvalue weighted by Crippen LogP contribution is -2.10. The fourth-order valence-electron chi connectivity index (χ4n) is 7.55. The fourth-order valence-corrected chi connectivity index (χ4v) is 8.64. The van der Waals surface area contributed by atoms with E-state index >= 15 is 0 Å². The Bertz CT molecular complexity index is 2810. The maximum atomic E-state index is 2.46. The highest BCUT2D eigenvalue weighted by molar-refractivity contribution is 7.25. The van der Waals surface area contributed by atoms with Gasteiger partial charge >= 0.3 is 0 Å². The van der Waals surface area contributed by atoms with Crippen molar-refractivity contribution in [2.45, 2.75) is 0 Å². The van der Waals surface area contributed by atoms with Crippen LogP contribution in [0.25, 0.3) is 69.6 Å². The number of hydrogen-bond acceptors (Lipinski definition) is 2. The third-order valence-corrected chi connectivity index (χ3v) is 10.9. The number of para-hydroxylation sites is 2. The van der Waals surface area contributed by atoms with E-state index in [4.69, 9.17) is 0 Å². The molecule has 0 aliphatic rings. The minimum absolute atomic E-state index is 1.12. The van der Waals surface area contributed by atoms with Crippen molar-refractivity contribution in [1.29, 1.82) is 0 Å². The summed E-state index contributed by atoms with van der Waals surface area (Å²) in [6.07, 6.45) is 0. The molecule has 49 heavy (non-hydrogen) atoms. The summed E-state index contributed by atoms with van der Waals surface area (Å²) in [7, 11) is 0. The standard InChI is InChI=1S/C46H30N2S/c1-4-14-31(15-5-1)32-24-26-41-40(28-32)45-42(29-33-16-10-11-21-37(33)46(45)48(41)35-19-8-3-9-20-35)47(34-17-6-2-7-18-34)36-25-27-44-39(30-36)38-22-12-13-23-43(38)49-44/h1-30H. The minimum Gasteiger partial charge on any atom is -0.310 e. The maximum absolute atomic E-state index is 2.46. The van der Waals surface area contributed by atoms with Crippen molar-refractivity contribution in [2.24, 2.45) is 0 Å². The molecule has 0 saturated carbocycles. The number of anilines is 3. The Labute approximate surface area is 288 Å². The van der Waals surface area contributed by atoms with Crippen LogP contribution in [0, 0.1) is 0 Å². The number of benzene rings is 8. The van der Waals surface area contributed by atoms with Crippen LogP contribution in [0.2, 0.25) is 0 Å². The van der Waals surface area contributed by atoms with Crippen LogP contribution in [0.1, 0.15) is 0 Å². The first-order chi connectivity index (χ1) is 24.3. The summed E-state index contributed by atoms with van der Waals surface area (Å²) in [5.74, 6) is 0. The van der Waals surface area contributed by atoms with Crippen LogP contribution in [0.3, 0.4) is 0 Å². The maximum Gasteiger partial charge on any atom is 0.0640 e. The Morgan fingerprint density at radius 1 is 0.429 bits per heavy atom. The third-order valence-electron chi connectivity index (χ3n) is 9.73. The normalized spacial score (nSPS) is 11.7. The molecular weight excluding hydrogens is 613 g/mol. The quantitative estimate of drug-likeness (QED) is 0.181. The smallest absolute Gasteiger partial charge is 0.0640 e. The van der Waals surface area contributed by atoms with Crippen LogP contribution in [-0.4, -0.2) is 4.57 Å². The molecule has 2 nitrogen and oxygen atoms in total. The highest BCUT2D eigenvalue weighted by Gasteiger charge is 2.24. The molecule has 10 aromatic rings. The molecular formula is C46H30N2S. The summed E-state index contributed by atoms with van der Waals surface area (Å²) in [6, 6.07) is 66.2. The Balaban J connectivity index is 1.37. The first-order valence-electron chi connectivity index (χ1n) is 16.7. The van der Waals surface area contributed by atoms with Gasteiger partial charge in [-0.15, -0.1) is 11.3 Å². The molecule has 230 valence electrons. The van der Waals surface area contributed by atoms with Gasteiger partial charge in [-0.1, -0.05) is 115 Å². The van der Waals surface area contributed by atoms with Crippen LogP contribution in [0.15, 0.2) is 182 Å². The second-order valence-corrected chi connectivity index (χ2v) is 13.6. The van der Waals surface area contributed by atoms with Gasteiger partial charge in [-0.3, -0.25) is 0 Å². The molecule has 0 fully saturated rings. The number of rotatable bonds is 5. The molecule has 10 rings (SSSR count). The summed E-state index contributed by atoms with van der Waals surface area (Å²) < 4.78 is 5.08. The van der Waals surface area contributed by atoms with Crippen molar-refractivity contribution >= 4 is 81.1 Å². The van der Waals surface area contributed by atoms with Gasteiger partial charge in [-0.05, 0) is 83.2 Å². The lowest BCUT2D eigenvalue weighted by Gasteiger charge is -2.27. The van der Waals surface area contributed by atoms with Crippen LogP contribution >= 0.6 is 11.3 Å². The zero-order chi connectivity index (χ0) is 32.3. The molecule has 3 heteroatoms. The summed E-state index contributed by atoms with van der Waals surface area (Å²) in [5, 5.41) is 7.48. The average molecular weight is 643 g/mol. The first kappa shape index (κ1) is 27.9. The van der Waals surface area contributed by atoms with E-state index in [1.54, 1.807) is 0 Å². The second kappa shape index (κ2) is 11.2. The van der Waals surface area contributed by atoms with Gasteiger partial charge in [-0.25, -0.2) is 0 Å². The number of hydrogen-bond donors (Lipinski definition) is 0. The van der Waals surface area contributed by atoms with Gasteiger partial charge < -0.3 is 9.47 Å². The molecule has 0 atom stereocenters. The second-order valence-electron chi connectivity index (χ2n) is 12.6. The summed E-state index contributed by atoms with van der Waals surface area (Å²) in [5.41, 5.74) is 9.38. The van der Waals surface area contributed by atoms with Gasteiger partial charge in [0.05, 0.1) is 16.7 Å². The van der Waals surface area contributed by atoms with E-state index in [1.165, 1.54) is 63.9 Å². The number of nitrogens with zero attached hydrogens (tertiary/aromatic N) is 2. The highest BCUT2D eigenvalue weighted by Crippen LogP contribution is 2.48. The predicted octanol–water partition coefficient (Wildman–Crippen LogP) is 13.4. The first-order valence-corrected chi connectivity index (χ1v) is 17.5. The van der Waals surface area contributed by atoms with Crippen LogP contribution in [-0.2, 0) is 0 Å². The van der Waals surface area contributed by atoms with E-state index in [-0.39, 0.29) is 0 Å². The van der Waals surface area contributed by atoms with Crippen molar-refractivity contribution in [3.05, 3.63) is 182 Å². The molecule has 0 bridgehead atoms. The van der Waals surface area contributed by atoms with Crippen molar-refractivity contribution in [2.75, 3.05) is 4.90 Å². The van der Waals surface area contributed by atoms with Crippen molar-refractivity contribution in [3.8, 4) is 16.8 Å². The third kappa shape index (κ3) is 4.47. The van der Waals surface area contributed by atoms with Crippen LogP contribution in [0.4, 0.5) is 17.1 Å². The van der Waals surface area contributed by atoms with Crippen molar-refractivity contribution < 1.29 is 0 Å².